The summed E-state index contributed by atoms with van der Waals surface area (Å²) in [7, 11) is 0. The molecule has 1 saturated heterocycles. The fraction of sp³-hybridized carbons (Fsp3) is 0.444. The van der Waals surface area contributed by atoms with Crippen molar-refractivity contribution in [1.82, 2.24) is 0 Å². The summed E-state index contributed by atoms with van der Waals surface area (Å²) in [5.74, 6) is 0.205. The largest absolute Gasteiger partial charge is 0.369 e. The SMILES string of the molecule is NC1=NC2(CCCCC2)N(c2ccc(N3C(=O)CCC3=O)cc2)C(N)=N1. The third-order valence-corrected chi connectivity index (χ3v) is 5.27. The van der Waals surface area contributed by atoms with Crippen molar-refractivity contribution in [2.24, 2.45) is 21.5 Å². The van der Waals surface area contributed by atoms with Crippen molar-refractivity contribution in [1.29, 1.82) is 0 Å². The predicted octanol–water partition coefficient (Wildman–Crippen LogP) is 1.45. The molecular formula is C18H22N6O2. The van der Waals surface area contributed by atoms with Crippen molar-refractivity contribution < 1.29 is 9.59 Å². The Morgan fingerprint density at radius 1 is 0.885 bits per heavy atom. The molecule has 8 heteroatoms. The van der Waals surface area contributed by atoms with Gasteiger partial charge in [0.05, 0.1) is 5.69 Å². The first-order chi connectivity index (χ1) is 12.5. The fourth-order valence-corrected chi connectivity index (χ4v) is 4.11. The van der Waals surface area contributed by atoms with Crippen LogP contribution in [0.25, 0.3) is 0 Å². The molecule has 2 aliphatic heterocycles. The van der Waals surface area contributed by atoms with Crippen LogP contribution in [0.1, 0.15) is 44.9 Å². The van der Waals surface area contributed by atoms with E-state index in [1.807, 2.05) is 17.0 Å². The lowest BCUT2D eigenvalue weighted by atomic mass is 9.87. The zero-order chi connectivity index (χ0) is 18.3. The lowest BCUT2D eigenvalue weighted by Crippen LogP contribution is -2.58. The Labute approximate surface area is 151 Å². The maximum atomic E-state index is 11.9. The van der Waals surface area contributed by atoms with Crippen LogP contribution >= 0.6 is 0 Å². The molecule has 1 spiro atoms. The number of benzene rings is 1. The summed E-state index contributed by atoms with van der Waals surface area (Å²) in [6.45, 7) is 0. The summed E-state index contributed by atoms with van der Waals surface area (Å²) in [5, 5.41) is 0. The van der Waals surface area contributed by atoms with Gasteiger partial charge in [0.15, 0.2) is 0 Å². The molecule has 0 radical (unpaired) electrons. The third-order valence-electron chi connectivity index (χ3n) is 5.27. The van der Waals surface area contributed by atoms with Crippen LogP contribution in [0.4, 0.5) is 11.4 Å². The lowest BCUT2D eigenvalue weighted by molar-refractivity contribution is -0.121. The second-order valence-electron chi connectivity index (χ2n) is 6.96. The second-order valence-corrected chi connectivity index (χ2v) is 6.96. The third kappa shape index (κ3) is 2.61. The van der Waals surface area contributed by atoms with E-state index in [-0.39, 0.29) is 30.6 Å². The highest BCUT2D eigenvalue weighted by Gasteiger charge is 2.42. The van der Waals surface area contributed by atoms with E-state index in [9.17, 15) is 9.59 Å². The minimum absolute atomic E-state index is 0.164. The van der Waals surface area contributed by atoms with Crippen molar-refractivity contribution in [2.45, 2.75) is 50.6 Å². The molecule has 1 aliphatic carbocycles. The summed E-state index contributed by atoms with van der Waals surface area (Å²) < 4.78 is 0. The lowest BCUT2D eigenvalue weighted by Gasteiger charge is -2.45. The van der Waals surface area contributed by atoms with Crippen molar-refractivity contribution in [2.75, 3.05) is 9.80 Å². The maximum absolute atomic E-state index is 11.9. The molecule has 0 unspecified atom stereocenters. The van der Waals surface area contributed by atoms with Gasteiger partial charge in [0, 0.05) is 18.5 Å². The van der Waals surface area contributed by atoms with Crippen molar-refractivity contribution in [3.05, 3.63) is 24.3 Å². The van der Waals surface area contributed by atoms with Gasteiger partial charge in [-0.15, -0.1) is 0 Å². The van der Waals surface area contributed by atoms with E-state index in [1.54, 1.807) is 12.1 Å². The first-order valence-electron chi connectivity index (χ1n) is 8.96. The number of aliphatic imine (C=N–C) groups is 2. The number of guanidine groups is 2. The van der Waals surface area contributed by atoms with E-state index in [0.717, 1.165) is 31.4 Å². The van der Waals surface area contributed by atoms with E-state index in [4.69, 9.17) is 11.5 Å². The zero-order valence-electron chi connectivity index (χ0n) is 14.5. The molecule has 2 fully saturated rings. The highest BCUT2D eigenvalue weighted by molar-refractivity contribution is 6.19. The standard InChI is InChI=1S/C18H22N6O2/c19-16-21-17(20)24(18(22-16)10-2-1-3-11-18)13-6-4-12(5-7-13)23-14(25)8-9-15(23)26/h4-7H,1-3,8-11H2,(H4,19,20,21,22). The molecule has 2 heterocycles. The van der Waals surface area contributed by atoms with Gasteiger partial charge in [-0.2, -0.15) is 4.99 Å². The Kier molecular flexibility index (Phi) is 3.90. The highest BCUT2D eigenvalue weighted by atomic mass is 16.2. The monoisotopic (exact) mass is 354 g/mol. The number of rotatable bonds is 2. The van der Waals surface area contributed by atoms with Crippen LogP contribution < -0.4 is 21.3 Å². The maximum Gasteiger partial charge on any atom is 0.234 e. The smallest absolute Gasteiger partial charge is 0.234 e. The summed E-state index contributed by atoms with van der Waals surface area (Å²) >= 11 is 0. The van der Waals surface area contributed by atoms with Crippen molar-refractivity contribution in [3.63, 3.8) is 0 Å². The normalized spacial score (nSPS) is 22.6. The molecule has 4 N–H and O–H groups in total. The van der Waals surface area contributed by atoms with Crippen LogP contribution in [0.2, 0.25) is 0 Å². The minimum Gasteiger partial charge on any atom is -0.369 e. The van der Waals surface area contributed by atoms with Gasteiger partial charge in [-0.25, -0.2) is 4.99 Å². The highest BCUT2D eigenvalue weighted by Crippen LogP contribution is 2.40. The topological polar surface area (TPSA) is 117 Å². The van der Waals surface area contributed by atoms with Gasteiger partial charge in [0.1, 0.15) is 5.66 Å². The summed E-state index contributed by atoms with van der Waals surface area (Å²) in [5.41, 5.74) is 13.0. The molecule has 3 aliphatic rings. The number of carbonyl (C=O) groups excluding carboxylic acids is 2. The van der Waals surface area contributed by atoms with Gasteiger partial charge in [0.2, 0.25) is 23.7 Å². The summed E-state index contributed by atoms with van der Waals surface area (Å²) in [6.07, 6.45) is 5.52. The molecule has 0 atom stereocenters. The van der Waals surface area contributed by atoms with Crippen LogP contribution in [0.5, 0.6) is 0 Å². The number of hydrogen-bond donors (Lipinski definition) is 2. The Bertz CT molecular complexity index is 791. The zero-order valence-corrected chi connectivity index (χ0v) is 14.5. The Morgan fingerprint density at radius 3 is 2.08 bits per heavy atom. The van der Waals surface area contributed by atoms with Gasteiger partial charge >= 0.3 is 0 Å². The number of nitrogens with zero attached hydrogens (tertiary/aromatic N) is 4. The van der Waals surface area contributed by atoms with Crippen LogP contribution in [-0.2, 0) is 9.59 Å². The fourth-order valence-electron chi connectivity index (χ4n) is 4.11. The first kappa shape index (κ1) is 16.6. The molecule has 1 saturated carbocycles. The number of nitrogens with two attached hydrogens (primary N) is 2. The molecule has 1 aromatic rings. The van der Waals surface area contributed by atoms with Crippen LogP contribution in [0.3, 0.4) is 0 Å². The van der Waals surface area contributed by atoms with E-state index >= 15 is 0 Å². The molecule has 8 nitrogen and oxygen atoms in total. The van der Waals surface area contributed by atoms with Gasteiger partial charge in [0.25, 0.3) is 0 Å². The molecule has 4 rings (SSSR count). The first-order valence-corrected chi connectivity index (χ1v) is 8.96. The summed E-state index contributed by atoms with van der Waals surface area (Å²) in [6, 6.07) is 7.23. The van der Waals surface area contributed by atoms with E-state index in [1.165, 1.54) is 11.3 Å². The van der Waals surface area contributed by atoms with E-state index in [2.05, 4.69) is 9.98 Å². The van der Waals surface area contributed by atoms with Crippen molar-refractivity contribution >= 4 is 35.1 Å². The molecule has 1 aromatic carbocycles. The van der Waals surface area contributed by atoms with E-state index < -0.39 is 5.66 Å². The molecule has 2 amide bonds. The number of hydrogen-bond acceptors (Lipinski definition) is 7. The number of anilines is 2. The summed E-state index contributed by atoms with van der Waals surface area (Å²) in [4.78, 5) is 35.8. The van der Waals surface area contributed by atoms with Gasteiger partial charge in [-0.1, -0.05) is 6.42 Å². The van der Waals surface area contributed by atoms with Crippen LogP contribution in [0, 0.1) is 0 Å². The Morgan fingerprint density at radius 2 is 1.46 bits per heavy atom. The number of amides is 2. The molecule has 0 aromatic heterocycles. The molecule has 26 heavy (non-hydrogen) atoms. The Hall–Kier alpha value is -2.90. The average Bonchev–Trinajstić information content (AvgIpc) is 2.94. The average molecular weight is 354 g/mol. The molecule has 136 valence electrons. The minimum atomic E-state index is -0.505. The quantitative estimate of drug-likeness (QED) is 0.780. The van der Waals surface area contributed by atoms with Gasteiger partial charge in [-0.3, -0.25) is 19.4 Å². The van der Waals surface area contributed by atoms with E-state index in [0.29, 0.717) is 11.6 Å². The Balaban J connectivity index is 1.68. The number of imide groups is 1. The van der Waals surface area contributed by atoms with Gasteiger partial charge in [-0.05, 0) is 49.9 Å². The number of carbonyl (C=O) groups is 2. The van der Waals surface area contributed by atoms with Gasteiger partial charge < -0.3 is 11.5 Å². The van der Waals surface area contributed by atoms with Crippen LogP contribution in [-0.4, -0.2) is 29.4 Å². The second kappa shape index (κ2) is 6.12. The van der Waals surface area contributed by atoms with Crippen molar-refractivity contribution in [3.8, 4) is 0 Å². The molecular weight excluding hydrogens is 332 g/mol. The predicted molar refractivity (Wildman–Crippen MR) is 99.7 cm³/mol. The molecule has 0 bridgehead atoms. The van der Waals surface area contributed by atoms with Crippen LogP contribution in [0.15, 0.2) is 34.3 Å².